The van der Waals surface area contributed by atoms with Gasteiger partial charge in [-0.2, -0.15) is 0 Å². The summed E-state index contributed by atoms with van der Waals surface area (Å²) in [5, 5.41) is 6.98. The van der Waals surface area contributed by atoms with Crippen LogP contribution in [-0.2, 0) is 0 Å². The maximum atomic E-state index is 13.0. The van der Waals surface area contributed by atoms with Gasteiger partial charge in [0.2, 0.25) is 0 Å². The zero-order chi connectivity index (χ0) is 19.9. The summed E-state index contributed by atoms with van der Waals surface area (Å²) in [4.78, 5) is 14.9. The lowest BCUT2D eigenvalue weighted by Crippen LogP contribution is -2.22. The van der Waals surface area contributed by atoms with Crippen molar-refractivity contribution in [2.24, 2.45) is 11.7 Å². The predicted molar refractivity (Wildman–Crippen MR) is 112 cm³/mol. The third kappa shape index (κ3) is 4.97. The molecule has 2 aromatic carbocycles. The fourth-order valence-corrected chi connectivity index (χ4v) is 3.24. The highest BCUT2D eigenvalue weighted by molar-refractivity contribution is 5.98. The number of hydrogen-bond donors (Lipinski definition) is 4. The van der Waals surface area contributed by atoms with Crippen LogP contribution in [0.15, 0.2) is 48.5 Å². The molecule has 0 bridgehead atoms. The van der Waals surface area contributed by atoms with Gasteiger partial charge in [0, 0.05) is 17.4 Å². The normalized spacial score (nSPS) is 15.9. The molecule has 1 fully saturated rings. The number of nitrogens with one attached hydrogen (secondary N) is 3. The minimum atomic E-state index is -0.252. The SMILES string of the molecule is CCNC(=O)c1cc2ccc(-c3ccc(F)cc3)cc2[nH]1.NC[C@H]1CCNC1. The van der Waals surface area contributed by atoms with E-state index in [2.05, 4.69) is 15.6 Å². The molecule has 5 nitrogen and oxygen atoms in total. The fourth-order valence-electron chi connectivity index (χ4n) is 3.24. The van der Waals surface area contributed by atoms with E-state index in [1.54, 1.807) is 12.1 Å². The maximum absolute atomic E-state index is 13.0. The quantitative estimate of drug-likeness (QED) is 0.559. The van der Waals surface area contributed by atoms with Gasteiger partial charge in [-0.3, -0.25) is 4.79 Å². The highest BCUT2D eigenvalue weighted by Gasteiger charge is 2.11. The van der Waals surface area contributed by atoms with Crippen LogP contribution in [-0.4, -0.2) is 37.1 Å². The van der Waals surface area contributed by atoms with Crippen LogP contribution in [0.25, 0.3) is 22.0 Å². The van der Waals surface area contributed by atoms with Crippen LogP contribution in [0.4, 0.5) is 4.39 Å². The van der Waals surface area contributed by atoms with E-state index >= 15 is 0 Å². The second kappa shape index (κ2) is 9.48. The van der Waals surface area contributed by atoms with Crippen molar-refractivity contribution < 1.29 is 9.18 Å². The van der Waals surface area contributed by atoms with Gasteiger partial charge in [0.15, 0.2) is 0 Å². The first kappa shape index (κ1) is 20.0. The summed E-state index contributed by atoms with van der Waals surface area (Å²) in [6.07, 6.45) is 1.27. The largest absolute Gasteiger partial charge is 0.351 e. The number of benzene rings is 2. The zero-order valence-corrected chi connectivity index (χ0v) is 16.1. The zero-order valence-electron chi connectivity index (χ0n) is 16.1. The molecule has 0 unspecified atom stereocenters. The van der Waals surface area contributed by atoms with Crippen molar-refractivity contribution >= 4 is 16.8 Å². The lowest BCUT2D eigenvalue weighted by Gasteiger charge is -2.01. The van der Waals surface area contributed by atoms with E-state index in [9.17, 15) is 9.18 Å². The maximum Gasteiger partial charge on any atom is 0.267 e. The van der Waals surface area contributed by atoms with Gasteiger partial charge in [0.25, 0.3) is 5.91 Å². The van der Waals surface area contributed by atoms with E-state index in [0.717, 1.165) is 41.0 Å². The number of amides is 1. The first-order chi connectivity index (χ1) is 13.6. The van der Waals surface area contributed by atoms with Gasteiger partial charge in [-0.15, -0.1) is 0 Å². The standard InChI is InChI=1S/C17H15FN2O.C5H12N2/c1-2-19-17(21)16-10-13-4-3-12(9-15(13)20-16)11-5-7-14(18)8-6-11;6-3-5-1-2-7-4-5/h3-10,20H,2H2,1H3,(H,19,21);5,7H,1-4,6H2/t;5-/m.1/s1. The van der Waals surface area contributed by atoms with E-state index in [4.69, 9.17) is 5.73 Å². The van der Waals surface area contributed by atoms with Crippen molar-refractivity contribution in [1.82, 2.24) is 15.6 Å². The van der Waals surface area contributed by atoms with Crippen molar-refractivity contribution in [3.8, 4) is 11.1 Å². The molecule has 1 amide bonds. The first-order valence-electron chi connectivity index (χ1n) is 9.68. The first-order valence-corrected chi connectivity index (χ1v) is 9.68. The van der Waals surface area contributed by atoms with E-state index < -0.39 is 0 Å². The average molecular weight is 382 g/mol. The monoisotopic (exact) mass is 382 g/mol. The molecule has 2 heterocycles. The molecule has 0 saturated carbocycles. The lowest BCUT2D eigenvalue weighted by molar-refractivity contribution is 0.0951. The van der Waals surface area contributed by atoms with E-state index in [1.807, 2.05) is 31.2 Å². The number of aromatic amines is 1. The second-order valence-electron chi connectivity index (χ2n) is 6.95. The number of rotatable bonds is 4. The third-order valence-electron chi connectivity index (χ3n) is 4.88. The van der Waals surface area contributed by atoms with Crippen LogP contribution >= 0.6 is 0 Å². The Bertz CT molecular complexity index is 914. The second-order valence-corrected chi connectivity index (χ2v) is 6.95. The Morgan fingerprint density at radius 1 is 1.18 bits per heavy atom. The van der Waals surface area contributed by atoms with Gasteiger partial charge in [-0.1, -0.05) is 24.3 Å². The Morgan fingerprint density at radius 3 is 2.54 bits per heavy atom. The Balaban J connectivity index is 0.000000271. The molecule has 3 aromatic rings. The molecular formula is C22H27FN4O. The van der Waals surface area contributed by atoms with Gasteiger partial charge in [0.05, 0.1) is 0 Å². The van der Waals surface area contributed by atoms with Crippen LogP contribution in [0.2, 0.25) is 0 Å². The molecule has 0 spiro atoms. The molecular weight excluding hydrogens is 355 g/mol. The number of carbonyl (C=O) groups excluding carboxylic acids is 1. The molecule has 1 saturated heterocycles. The van der Waals surface area contributed by atoms with Crippen LogP contribution in [0, 0.1) is 11.7 Å². The minimum Gasteiger partial charge on any atom is -0.351 e. The van der Waals surface area contributed by atoms with E-state index in [1.165, 1.54) is 25.1 Å². The number of H-pyrrole nitrogens is 1. The average Bonchev–Trinajstić information content (AvgIpc) is 3.38. The summed E-state index contributed by atoms with van der Waals surface area (Å²) >= 11 is 0. The molecule has 1 aromatic heterocycles. The number of nitrogens with two attached hydrogens (primary N) is 1. The van der Waals surface area contributed by atoms with Crippen molar-refractivity contribution in [2.75, 3.05) is 26.2 Å². The van der Waals surface area contributed by atoms with Crippen molar-refractivity contribution in [2.45, 2.75) is 13.3 Å². The van der Waals surface area contributed by atoms with Crippen molar-refractivity contribution in [1.29, 1.82) is 0 Å². The third-order valence-corrected chi connectivity index (χ3v) is 4.88. The smallest absolute Gasteiger partial charge is 0.267 e. The van der Waals surface area contributed by atoms with Gasteiger partial charge in [0.1, 0.15) is 11.5 Å². The summed E-state index contributed by atoms with van der Waals surface area (Å²) in [5.74, 6) is 0.398. The van der Waals surface area contributed by atoms with Crippen molar-refractivity contribution in [3.63, 3.8) is 0 Å². The van der Waals surface area contributed by atoms with Gasteiger partial charge in [-0.05, 0) is 74.3 Å². The molecule has 148 valence electrons. The molecule has 4 rings (SSSR count). The summed E-state index contributed by atoms with van der Waals surface area (Å²) < 4.78 is 13.0. The number of carbonyl (C=O) groups is 1. The highest BCUT2D eigenvalue weighted by Crippen LogP contribution is 2.25. The minimum absolute atomic E-state index is 0.114. The predicted octanol–water partition coefficient (Wildman–Crippen LogP) is 3.28. The Hall–Kier alpha value is -2.70. The van der Waals surface area contributed by atoms with E-state index in [-0.39, 0.29) is 11.7 Å². The Labute approximate surface area is 164 Å². The van der Waals surface area contributed by atoms with Gasteiger partial charge < -0.3 is 21.4 Å². The number of fused-ring (bicyclic) bond motifs is 1. The molecule has 1 atom stereocenters. The van der Waals surface area contributed by atoms with Crippen LogP contribution in [0.5, 0.6) is 0 Å². The summed E-state index contributed by atoms with van der Waals surface area (Å²) in [5.41, 5.74) is 8.74. The van der Waals surface area contributed by atoms with E-state index in [0.29, 0.717) is 12.2 Å². The van der Waals surface area contributed by atoms with Crippen LogP contribution < -0.4 is 16.4 Å². The number of hydrogen-bond acceptors (Lipinski definition) is 3. The lowest BCUT2D eigenvalue weighted by atomic mass is 10.0. The molecule has 0 radical (unpaired) electrons. The summed E-state index contributed by atoms with van der Waals surface area (Å²) in [7, 11) is 0. The highest BCUT2D eigenvalue weighted by atomic mass is 19.1. The van der Waals surface area contributed by atoms with Crippen LogP contribution in [0.1, 0.15) is 23.8 Å². The summed E-state index contributed by atoms with van der Waals surface area (Å²) in [6, 6.07) is 14.1. The van der Waals surface area contributed by atoms with Crippen molar-refractivity contribution in [3.05, 3.63) is 60.0 Å². The van der Waals surface area contributed by atoms with Crippen LogP contribution in [0.3, 0.4) is 0 Å². The molecule has 28 heavy (non-hydrogen) atoms. The molecule has 6 heteroatoms. The molecule has 5 N–H and O–H groups in total. The number of halogens is 1. The molecule has 1 aliphatic heterocycles. The topological polar surface area (TPSA) is 82.9 Å². The summed E-state index contributed by atoms with van der Waals surface area (Å²) in [6.45, 7) is 5.63. The molecule has 1 aliphatic rings. The fraction of sp³-hybridized carbons (Fsp3) is 0.318. The molecule has 0 aliphatic carbocycles. The Kier molecular flexibility index (Phi) is 6.79. The van der Waals surface area contributed by atoms with Gasteiger partial charge in [-0.25, -0.2) is 4.39 Å². The number of aromatic nitrogens is 1. The van der Waals surface area contributed by atoms with Gasteiger partial charge >= 0.3 is 0 Å². The Morgan fingerprint density at radius 2 is 1.93 bits per heavy atom.